The summed E-state index contributed by atoms with van der Waals surface area (Å²) in [6.45, 7) is 3.16. The maximum Gasteiger partial charge on any atom is 0.251 e. The van der Waals surface area contributed by atoms with Crippen molar-refractivity contribution in [3.63, 3.8) is 0 Å². The molecule has 1 fully saturated rings. The van der Waals surface area contributed by atoms with Gasteiger partial charge in [0.05, 0.1) is 6.04 Å². The predicted molar refractivity (Wildman–Crippen MR) is 90.6 cm³/mol. The van der Waals surface area contributed by atoms with Crippen molar-refractivity contribution in [1.29, 1.82) is 0 Å². The van der Waals surface area contributed by atoms with Gasteiger partial charge in [-0.2, -0.15) is 0 Å². The lowest BCUT2D eigenvalue weighted by Crippen LogP contribution is -2.37. The van der Waals surface area contributed by atoms with Gasteiger partial charge in [0.25, 0.3) is 5.91 Å². The molecule has 2 amide bonds. The van der Waals surface area contributed by atoms with Crippen molar-refractivity contribution in [3.05, 3.63) is 58.5 Å². The van der Waals surface area contributed by atoms with E-state index in [-0.39, 0.29) is 23.4 Å². The molecule has 1 aliphatic heterocycles. The molecule has 1 atom stereocenters. The molecule has 0 unspecified atom stereocenters. The summed E-state index contributed by atoms with van der Waals surface area (Å²) in [5.41, 5.74) is 2.19. The number of likely N-dealkylation sites (N-methyl/N-ethyl adjacent to an activating group) is 1. The second-order valence-electron chi connectivity index (χ2n) is 5.83. The van der Waals surface area contributed by atoms with Gasteiger partial charge in [0.15, 0.2) is 0 Å². The Balaban J connectivity index is 1.67. The van der Waals surface area contributed by atoms with Crippen molar-refractivity contribution in [2.75, 3.05) is 13.1 Å². The summed E-state index contributed by atoms with van der Waals surface area (Å²) in [5.74, 6) is -0.102. The first-order chi connectivity index (χ1) is 11.6. The van der Waals surface area contributed by atoms with Gasteiger partial charge in [-0.25, -0.2) is 0 Å². The van der Waals surface area contributed by atoms with E-state index in [0.29, 0.717) is 25.1 Å². The summed E-state index contributed by atoms with van der Waals surface area (Å²) in [6.07, 6.45) is 2.00. The van der Waals surface area contributed by atoms with Crippen molar-refractivity contribution in [2.24, 2.45) is 0 Å². The second kappa shape index (κ2) is 6.70. The zero-order chi connectivity index (χ0) is 17.1. The van der Waals surface area contributed by atoms with Gasteiger partial charge in [-0.15, -0.1) is 0 Å². The van der Waals surface area contributed by atoms with E-state index in [4.69, 9.17) is 0 Å². The molecule has 1 aromatic heterocycles. The molecule has 2 aromatic rings. The third-order valence-corrected chi connectivity index (χ3v) is 4.20. The van der Waals surface area contributed by atoms with E-state index >= 15 is 0 Å². The van der Waals surface area contributed by atoms with Gasteiger partial charge in [-0.05, 0) is 36.2 Å². The Labute approximate surface area is 139 Å². The molecule has 24 heavy (non-hydrogen) atoms. The number of amides is 2. The number of likely N-dealkylation sites (tertiary alicyclic amines) is 1. The highest BCUT2D eigenvalue weighted by Gasteiger charge is 2.29. The van der Waals surface area contributed by atoms with E-state index < -0.39 is 0 Å². The van der Waals surface area contributed by atoms with E-state index in [1.807, 2.05) is 19.1 Å². The average molecular weight is 325 g/mol. The summed E-state index contributed by atoms with van der Waals surface area (Å²) in [5, 5.41) is 2.91. The molecule has 0 spiro atoms. The van der Waals surface area contributed by atoms with Crippen LogP contribution in [0.25, 0.3) is 11.1 Å². The molecule has 0 saturated carbocycles. The van der Waals surface area contributed by atoms with Crippen LogP contribution in [0, 0.1) is 0 Å². The molecule has 6 nitrogen and oxygen atoms in total. The van der Waals surface area contributed by atoms with Crippen LogP contribution < -0.4 is 10.9 Å². The lowest BCUT2D eigenvalue weighted by molar-refractivity contribution is -0.127. The van der Waals surface area contributed by atoms with Crippen molar-refractivity contribution in [2.45, 2.75) is 19.4 Å². The highest BCUT2D eigenvalue weighted by molar-refractivity contribution is 5.95. The number of aromatic amines is 1. The normalized spacial score (nSPS) is 17.1. The fourth-order valence-corrected chi connectivity index (χ4v) is 2.85. The molecule has 2 N–H and O–H groups in total. The predicted octanol–water partition coefficient (Wildman–Crippen LogP) is 1.39. The average Bonchev–Trinajstić information content (AvgIpc) is 2.95. The van der Waals surface area contributed by atoms with Gasteiger partial charge < -0.3 is 15.2 Å². The highest BCUT2D eigenvalue weighted by atomic mass is 16.2. The molecule has 0 radical (unpaired) electrons. The molecule has 0 bridgehead atoms. The first-order valence-electron chi connectivity index (χ1n) is 7.94. The van der Waals surface area contributed by atoms with Gasteiger partial charge in [-0.3, -0.25) is 14.4 Å². The second-order valence-corrected chi connectivity index (χ2v) is 5.83. The number of nitrogens with one attached hydrogen (secondary N) is 2. The van der Waals surface area contributed by atoms with Crippen molar-refractivity contribution >= 4 is 11.8 Å². The van der Waals surface area contributed by atoms with E-state index in [9.17, 15) is 14.4 Å². The number of benzene rings is 1. The first kappa shape index (κ1) is 16.0. The van der Waals surface area contributed by atoms with Gasteiger partial charge in [0.2, 0.25) is 11.5 Å². The maximum absolute atomic E-state index is 12.3. The minimum absolute atomic E-state index is 0.0798. The molecule has 6 heteroatoms. The molecule has 2 heterocycles. The van der Waals surface area contributed by atoms with Crippen molar-refractivity contribution < 1.29 is 9.59 Å². The lowest BCUT2D eigenvalue weighted by atomic mass is 10.1. The van der Waals surface area contributed by atoms with Crippen LogP contribution in [0.2, 0.25) is 0 Å². The van der Waals surface area contributed by atoms with Crippen LogP contribution in [0.1, 0.15) is 23.7 Å². The SMILES string of the molecule is CCN1C[C@@H](NC(=O)c2ccc(-c3ccc(=O)[nH]c3)cc2)CC1=O. The largest absolute Gasteiger partial charge is 0.347 e. The third kappa shape index (κ3) is 3.37. The van der Waals surface area contributed by atoms with Crippen LogP contribution in [0.3, 0.4) is 0 Å². The minimum atomic E-state index is -0.182. The number of hydrogen-bond donors (Lipinski definition) is 2. The highest BCUT2D eigenvalue weighted by Crippen LogP contribution is 2.18. The summed E-state index contributed by atoms with van der Waals surface area (Å²) in [7, 11) is 0. The van der Waals surface area contributed by atoms with Crippen molar-refractivity contribution in [3.8, 4) is 11.1 Å². The van der Waals surface area contributed by atoms with Crippen LogP contribution in [-0.4, -0.2) is 40.8 Å². The summed E-state index contributed by atoms with van der Waals surface area (Å²) in [4.78, 5) is 39.5. The van der Waals surface area contributed by atoms with E-state index in [1.54, 1.807) is 29.3 Å². The Morgan fingerprint density at radius 2 is 1.88 bits per heavy atom. The Kier molecular flexibility index (Phi) is 4.46. The first-order valence-corrected chi connectivity index (χ1v) is 7.94. The van der Waals surface area contributed by atoms with Crippen LogP contribution in [0.5, 0.6) is 0 Å². The van der Waals surface area contributed by atoms with Crippen LogP contribution in [-0.2, 0) is 4.79 Å². The number of carbonyl (C=O) groups excluding carboxylic acids is 2. The number of H-pyrrole nitrogens is 1. The molecule has 124 valence electrons. The maximum atomic E-state index is 12.3. The standard InChI is InChI=1S/C18H19N3O3/c1-2-21-11-15(9-17(21)23)20-18(24)13-5-3-12(4-6-13)14-7-8-16(22)19-10-14/h3-8,10,15H,2,9,11H2,1H3,(H,19,22)(H,20,24)/t15-/m0/s1. The van der Waals surface area contributed by atoms with Gasteiger partial charge in [0, 0.05) is 37.3 Å². The van der Waals surface area contributed by atoms with E-state index in [0.717, 1.165) is 11.1 Å². The minimum Gasteiger partial charge on any atom is -0.347 e. The number of hydrogen-bond acceptors (Lipinski definition) is 3. The zero-order valence-corrected chi connectivity index (χ0v) is 13.4. The molecular weight excluding hydrogens is 306 g/mol. The van der Waals surface area contributed by atoms with Gasteiger partial charge in [-0.1, -0.05) is 12.1 Å². The fraction of sp³-hybridized carbons (Fsp3) is 0.278. The molecule has 1 saturated heterocycles. The summed E-state index contributed by atoms with van der Waals surface area (Å²) in [6, 6.07) is 10.2. The zero-order valence-electron chi connectivity index (χ0n) is 13.4. The fourth-order valence-electron chi connectivity index (χ4n) is 2.85. The van der Waals surface area contributed by atoms with E-state index in [1.165, 1.54) is 6.07 Å². The number of aromatic nitrogens is 1. The van der Waals surface area contributed by atoms with Crippen molar-refractivity contribution in [1.82, 2.24) is 15.2 Å². The molecule has 1 aromatic carbocycles. The number of rotatable bonds is 4. The van der Waals surface area contributed by atoms with Gasteiger partial charge >= 0.3 is 0 Å². The monoisotopic (exact) mass is 325 g/mol. The summed E-state index contributed by atoms with van der Waals surface area (Å²) >= 11 is 0. The lowest BCUT2D eigenvalue weighted by Gasteiger charge is -2.14. The molecular formula is C18H19N3O3. The van der Waals surface area contributed by atoms with Crippen LogP contribution >= 0.6 is 0 Å². The number of nitrogens with zero attached hydrogens (tertiary/aromatic N) is 1. The quantitative estimate of drug-likeness (QED) is 0.891. The molecule has 0 aliphatic carbocycles. The number of carbonyl (C=O) groups is 2. The smallest absolute Gasteiger partial charge is 0.251 e. The van der Waals surface area contributed by atoms with Crippen LogP contribution in [0.4, 0.5) is 0 Å². The Bertz CT molecular complexity index is 791. The van der Waals surface area contributed by atoms with Gasteiger partial charge in [0.1, 0.15) is 0 Å². The van der Waals surface area contributed by atoms with Crippen LogP contribution in [0.15, 0.2) is 47.4 Å². The molecule has 1 aliphatic rings. The Morgan fingerprint density at radius 3 is 2.46 bits per heavy atom. The van der Waals surface area contributed by atoms with E-state index in [2.05, 4.69) is 10.3 Å². The number of pyridine rings is 1. The third-order valence-electron chi connectivity index (χ3n) is 4.20. The Hall–Kier alpha value is -2.89. The molecule has 3 rings (SSSR count). The topological polar surface area (TPSA) is 82.3 Å². The summed E-state index contributed by atoms with van der Waals surface area (Å²) < 4.78 is 0. The Morgan fingerprint density at radius 1 is 1.17 bits per heavy atom.